The lowest BCUT2D eigenvalue weighted by Crippen LogP contribution is -2.30. The molecule has 0 saturated carbocycles. The third kappa shape index (κ3) is 2.89. The van der Waals surface area contributed by atoms with Crippen LogP contribution in [0.5, 0.6) is 5.88 Å². The second-order valence-corrected chi connectivity index (χ2v) is 6.69. The second-order valence-electron chi connectivity index (χ2n) is 5.83. The number of aromatic nitrogens is 2. The third-order valence-corrected chi connectivity index (χ3v) is 4.79. The van der Waals surface area contributed by atoms with Crippen LogP contribution in [0.4, 0.5) is 0 Å². The Morgan fingerprint density at radius 3 is 3.04 bits per heavy atom. The first-order valence-corrected chi connectivity index (χ1v) is 8.63. The molecule has 4 heterocycles. The predicted molar refractivity (Wildman–Crippen MR) is 94.3 cm³/mol. The van der Waals surface area contributed by atoms with E-state index in [0.717, 1.165) is 16.4 Å². The van der Waals surface area contributed by atoms with E-state index in [1.165, 1.54) is 0 Å². The van der Waals surface area contributed by atoms with Gasteiger partial charge in [0.05, 0.1) is 16.6 Å². The summed E-state index contributed by atoms with van der Waals surface area (Å²) in [4.78, 5) is 18.8. The Balaban J connectivity index is 1.46. The normalized spacial score (nSPS) is 17.4. The molecule has 0 spiro atoms. The number of halogens is 1. The maximum atomic E-state index is 12.7. The summed E-state index contributed by atoms with van der Waals surface area (Å²) in [6, 6.07) is 11.6. The van der Waals surface area contributed by atoms with Gasteiger partial charge in [-0.3, -0.25) is 4.79 Å². The second kappa shape index (κ2) is 6.28. The van der Waals surface area contributed by atoms with Gasteiger partial charge in [0, 0.05) is 37.1 Å². The fourth-order valence-electron chi connectivity index (χ4n) is 2.98. The molecule has 1 saturated heterocycles. The summed E-state index contributed by atoms with van der Waals surface area (Å²) in [5.74, 6) is 0.622. The molecule has 4 rings (SSSR count). The minimum absolute atomic E-state index is 0.0304. The minimum Gasteiger partial charge on any atom is -0.472 e. The van der Waals surface area contributed by atoms with Crippen LogP contribution in [0.25, 0.3) is 5.52 Å². The zero-order valence-corrected chi connectivity index (χ0v) is 14.5. The van der Waals surface area contributed by atoms with Crippen molar-refractivity contribution in [3.05, 3.63) is 65.0 Å². The average molecular weight is 386 g/mol. The number of carbonyl (C=O) groups is 1. The van der Waals surface area contributed by atoms with Crippen molar-refractivity contribution in [2.75, 3.05) is 13.1 Å². The van der Waals surface area contributed by atoms with Gasteiger partial charge >= 0.3 is 0 Å². The molecular formula is C18H16BrN3O2. The number of pyridine rings is 2. The molecule has 3 aromatic heterocycles. The van der Waals surface area contributed by atoms with Gasteiger partial charge in [0.15, 0.2) is 0 Å². The van der Waals surface area contributed by atoms with E-state index in [-0.39, 0.29) is 12.0 Å². The summed E-state index contributed by atoms with van der Waals surface area (Å²) < 4.78 is 8.71. The summed E-state index contributed by atoms with van der Waals surface area (Å²) >= 11 is 3.43. The van der Waals surface area contributed by atoms with Crippen molar-refractivity contribution < 1.29 is 9.53 Å². The summed E-state index contributed by atoms with van der Waals surface area (Å²) in [6.45, 7) is 1.27. The molecule has 24 heavy (non-hydrogen) atoms. The van der Waals surface area contributed by atoms with Crippen molar-refractivity contribution in [2.45, 2.75) is 12.5 Å². The fourth-order valence-corrected chi connectivity index (χ4v) is 3.33. The van der Waals surface area contributed by atoms with E-state index < -0.39 is 0 Å². The zero-order chi connectivity index (χ0) is 16.5. The molecular weight excluding hydrogens is 370 g/mol. The SMILES string of the molecule is O=C(c1cc2ccccn2c1)N1CCC(Oc2ncccc2Br)C1. The lowest BCUT2D eigenvalue weighted by atomic mass is 10.3. The number of likely N-dealkylation sites (tertiary alicyclic amines) is 1. The van der Waals surface area contributed by atoms with Crippen LogP contribution in [0, 0.1) is 0 Å². The first kappa shape index (κ1) is 15.2. The van der Waals surface area contributed by atoms with E-state index in [0.29, 0.717) is 24.5 Å². The summed E-state index contributed by atoms with van der Waals surface area (Å²) in [5, 5.41) is 0. The monoisotopic (exact) mass is 385 g/mol. The third-order valence-electron chi connectivity index (χ3n) is 4.19. The smallest absolute Gasteiger partial charge is 0.255 e. The molecule has 5 nitrogen and oxygen atoms in total. The highest BCUT2D eigenvalue weighted by molar-refractivity contribution is 9.10. The quantitative estimate of drug-likeness (QED) is 0.693. The average Bonchev–Trinajstić information content (AvgIpc) is 3.23. The Morgan fingerprint density at radius 2 is 2.21 bits per heavy atom. The Kier molecular flexibility index (Phi) is 3.98. The molecule has 0 N–H and O–H groups in total. The molecule has 1 unspecified atom stereocenters. The van der Waals surface area contributed by atoms with E-state index in [2.05, 4.69) is 20.9 Å². The largest absolute Gasteiger partial charge is 0.472 e. The number of hydrogen-bond donors (Lipinski definition) is 0. The van der Waals surface area contributed by atoms with Crippen LogP contribution in [-0.2, 0) is 0 Å². The van der Waals surface area contributed by atoms with Gasteiger partial charge in [-0.2, -0.15) is 0 Å². The lowest BCUT2D eigenvalue weighted by molar-refractivity contribution is 0.0771. The van der Waals surface area contributed by atoms with Crippen molar-refractivity contribution >= 4 is 27.4 Å². The number of ether oxygens (including phenoxy) is 1. The predicted octanol–water partition coefficient (Wildman–Crippen LogP) is 3.39. The first-order valence-electron chi connectivity index (χ1n) is 7.84. The topological polar surface area (TPSA) is 46.8 Å². The van der Waals surface area contributed by atoms with Crippen LogP contribution in [-0.4, -0.2) is 39.4 Å². The van der Waals surface area contributed by atoms with Crippen LogP contribution in [0.2, 0.25) is 0 Å². The van der Waals surface area contributed by atoms with Crippen molar-refractivity contribution in [1.82, 2.24) is 14.3 Å². The number of nitrogens with zero attached hydrogens (tertiary/aromatic N) is 3. The van der Waals surface area contributed by atoms with Crippen molar-refractivity contribution in [1.29, 1.82) is 0 Å². The Bertz CT molecular complexity index is 860. The van der Waals surface area contributed by atoms with Crippen LogP contribution in [0.3, 0.4) is 0 Å². The molecule has 1 aliphatic rings. The molecule has 122 valence electrons. The lowest BCUT2D eigenvalue weighted by Gasteiger charge is -2.16. The summed E-state index contributed by atoms with van der Waals surface area (Å²) in [6.07, 6.45) is 6.30. The Labute approximate surface area is 148 Å². The number of carbonyl (C=O) groups excluding carboxylic acids is 1. The molecule has 1 atom stereocenters. The first-order chi connectivity index (χ1) is 11.7. The molecule has 0 aromatic carbocycles. The van der Waals surface area contributed by atoms with Gasteiger partial charge in [-0.05, 0) is 46.3 Å². The zero-order valence-electron chi connectivity index (χ0n) is 12.9. The minimum atomic E-state index is -0.0304. The van der Waals surface area contributed by atoms with Crippen LogP contribution >= 0.6 is 15.9 Å². The van der Waals surface area contributed by atoms with Crippen molar-refractivity contribution in [3.8, 4) is 5.88 Å². The van der Waals surface area contributed by atoms with E-state index in [1.807, 2.05) is 58.1 Å². The standard InChI is InChI=1S/C18H16BrN3O2/c19-16-5-3-7-20-17(16)24-15-6-9-22(12-15)18(23)13-10-14-4-1-2-8-21(14)11-13/h1-5,7-8,10-11,15H,6,9,12H2. The van der Waals surface area contributed by atoms with Gasteiger partial charge in [0.1, 0.15) is 6.10 Å². The maximum absolute atomic E-state index is 12.7. The molecule has 0 radical (unpaired) electrons. The highest BCUT2D eigenvalue weighted by Gasteiger charge is 2.29. The van der Waals surface area contributed by atoms with Crippen LogP contribution in [0.15, 0.2) is 59.5 Å². The summed E-state index contributed by atoms with van der Waals surface area (Å²) in [7, 11) is 0. The number of rotatable bonds is 3. The van der Waals surface area contributed by atoms with Crippen molar-refractivity contribution in [2.24, 2.45) is 0 Å². The Hall–Kier alpha value is -2.34. The van der Waals surface area contributed by atoms with Gasteiger partial charge in [0.2, 0.25) is 5.88 Å². The van der Waals surface area contributed by atoms with Gasteiger partial charge in [0.25, 0.3) is 5.91 Å². The maximum Gasteiger partial charge on any atom is 0.255 e. The van der Waals surface area contributed by atoms with E-state index in [9.17, 15) is 4.79 Å². The highest BCUT2D eigenvalue weighted by atomic mass is 79.9. The molecule has 0 bridgehead atoms. The van der Waals surface area contributed by atoms with Gasteiger partial charge in [-0.25, -0.2) is 4.98 Å². The van der Waals surface area contributed by atoms with Gasteiger partial charge < -0.3 is 14.0 Å². The molecule has 1 fully saturated rings. The van der Waals surface area contributed by atoms with Crippen molar-refractivity contribution in [3.63, 3.8) is 0 Å². The molecule has 0 aliphatic carbocycles. The summed E-state index contributed by atoms with van der Waals surface area (Å²) in [5.41, 5.74) is 1.73. The van der Waals surface area contributed by atoms with Crippen LogP contribution in [0.1, 0.15) is 16.8 Å². The fraction of sp³-hybridized carbons (Fsp3) is 0.222. The highest BCUT2D eigenvalue weighted by Crippen LogP contribution is 2.25. The molecule has 1 aliphatic heterocycles. The van der Waals surface area contributed by atoms with Gasteiger partial charge in [-0.15, -0.1) is 0 Å². The van der Waals surface area contributed by atoms with E-state index in [1.54, 1.807) is 6.20 Å². The van der Waals surface area contributed by atoms with E-state index in [4.69, 9.17) is 4.74 Å². The number of fused-ring (bicyclic) bond motifs is 1. The molecule has 1 amide bonds. The number of hydrogen-bond acceptors (Lipinski definition) is 3. The van der Waals surface area contributed by atoms with E-state index >= 15 is 0 Å². The number of amides is 1. The molecule has 6 heteroatoms. The van der Waals surface area contributed by atoms with Gasteiger partial charge in [-0.1, -0.05) is 6.07 Å². The molecule has 3 aromatic rings. The van der Waals surface area contributed by atoms with Crippen LogP contribution < -0.4 is 4.74 Å². The Morgan fingerprint density at radius 1 is 1.29 bits per heavy atom.